The molecule has 22 heavy (non-hydrogen) atoms. The summed E-state index contributed by atoms with van der Waals surface area (Å²) in [6.07, 6.45) is 8.02. The number of allylic oxidation sites excluding steroid dienone is 1. The van der Waals surface area contributed by atoms with Crippen LogP contribution in [-0.4, -0.2) is 23.8 Å². The maximum absolute atomic E-state index is 11.7. The third-order valence-corrected chi connectivity index (χ3v) is 5.63. The molecule has 0 saturated heterocycles. The molecule has 0 amide bonds. The highest BCUT2D eigenvalue weighted by atomic mass is 16.5. The summed E-state index contributed by atoms with van der Waals surface area (Å²) in [4.78, 5) is 11.7. The molecule has 0 bridgehead atoms. The molecule has 1 saturated carbocycles. The van der Waals surface area contributed by atoms with Gasteiger partial charge in [-0.05, 0) is 44.1 Å². The standard InChI is InChI=1S/C19H24O3/c1-22-17(20)16-8-12-18(13-9-16)10-5-11-19(18,21)14-15-6-3-2-4-7-15/h2-4,6-8,21H,5,9-14H2,1H3/t18-,19-/m0/s1. The van der Waals surface area contributed by atoms with Crippen LogP contribution in [0.3, 0.4) is 0 Å². The fourth-order valence-corrected chi connectivity index (χ4v) is 4.29. The zero-order valence-electron chi connectivity index (χ0n) is 13.2. The fraction of sp³-hybridized carbons (Fsp3) is 0.526. The number of carbonyl (C=O) groups excluding carboxylic acids is 1. The molecule has 2 atom stereocenters. The number of hydrogen-bond acceptors (Lipinski definition) is 3. The molecule has 0 unspecified atom stereocenters. The van der Waals surface area contributed by atoms with Crippen molar-refractivity contribution in [3.8, 4) is 0 Å². The van der Waals surface area contributed by atoms with Crippen molar-refractivity contribution in [1.29, 1.82) is 0 Å². The maximum Gasteiger partial charge on any atom is 0.333 e. The third kappa shape index (κ3) is 2.58. The van der Waals surface area contributed by atoms with E-state index in [1.54, 1.807) is 0 Å². The van der Waals surface area contributed by atoms with Crippen molar-refractivity contribution >= 4 is 5.97 Å². The van der Waals surface area contributed by atoms with Crippen molar-refractivity contribution < 1.29 is 14.6 Å². The molecule has 2 aliphatic rings. The molecule has 1 aromatic rings. The van der Waals surface area contributed by atoms with E-state index in [9.17, 15) is 9.90 Å². The van der Waals surface area contributed by atoms with E-state index in [-0.39, 0.29) is 11.4 Å². The predicted octanol–water partition coefficient (Wildman–Crippen LogP) is 3.41. The van der Waals surface area contributed by atoms with Crippen molar-refractivity contribution in [1.82, 2.24) is 0 Å². The van der Waals surface area contributed by atoms with E-state index in [4.69, 9.17) is 4.74 Å². The topological polar surface area (TPSA) is 46.5 Å². The molecular weight excluding hydrogens is 276 g/mol. The summed E-state index contributed by atoms with van der Waals surface area (Å²) in [7, 11) is 1.43. The Bertz CT molecular complexity index is 578. The smallest absolute Gasteiger partial charge is 0.333 e. The Balaban J connectivity index is 1.81. The van der Waals surface area contributed by atoms with Gasteiger partial charge < -0.3 is 9.84 Å². The summed E-state index contributed by atoms with van der Waals surface area (Å²) >= 11 is 0. The second kappa shape index (κ2) is 5.88. The van der Waals surface area contributed by atoms with E-state index >= 15 is 0 Å². The summed E-state index contributed by atoms with van der Waals surface area (Å²) in [5, 5.41) is 11.4. The molecule has 3 nitrogen and oxygen atoms in total. The van der Waals surface area contributed by atoms with Crippen molar-refractivity contribution in [2.45, 2.75) is 50.5 Å². The Morgan fingerprint density at radius 3 is 2.64 bits per heavy atom. The lowest BCUT2D eigenvalue weighted by Crippen LogP contribution is -2.46. The van der Waals surface area contributed by atoms with Crippen LogP contribution in [0.1, 0.15) is 44.1 Å². The van der Waals surface area contributed by atoms with Gasteiger partial charge in [0, 0.05) is 17.4 Å². The van der Waals surface area contributed by atoms with Gasteiger partial charge in [-0.25, -0.2) is 4.79 Å². The fourth-order valence-electron chi connectivity index (χ4n) is 4.29. The van der Waals surface area contributed by atoms with E-state index < -0.39 is 5.60 Å². The number of hydrogen-bond donors (Lipinski definition) is 1. The van der Waals surface area contributed by atoms with Crippen LogP contribution in [0.2, 0.25) is 0 Å². The molecular formula is C19H24O3. The van der Waals surface area contributed by atoms with Crippen LogP contribution < -0.4 is 0 Å². The van der Waals surface area contributed by atoms with Crippen LogP contribution in [0.15, 0.2) is 42.0 Å². The van der Waals surface area contributed by atoms with Crippen LogP contribution in [0.5, 0.6) is 0 Å². The average Bonchev–Trinajstić information content (AvgIpc) is 2.84. The van der Waals surface area contributed by atoms with Gasteiger partial charge in [0.15, 0.2) is 0 Å². The van der Waals surface area contributed by atoms with Crippen LogP contribution in [0, 0.1) is 5.41 Å². The second-order valence-electron chi connectivity index (χ2n) is 6.75. The summed E-state index contributed by atoms with van der Waals surface area (Å²) in [5.74, 6) is -0.223. The van der Waals surface area contributed by atoms with Crippen LogP contribution in [0.25, 0.3) is 0 Å². The first-order valence-electron chi connectivity index (χ1n) is 8.12. The van der Waals surface area contributed by atoms with E-state index in [2.05, 4.69) is 12.1 Å². The number of rotatable bonds is 3. The highest BCUT2D eigenvalue weighted by molar-refractivity contribution is 5.88. The minimum Gasteiger partial charge on any atom is -0.466 e. The van der Waals surface area contributed by atoms with Crippen molar-refractivity contribution in [2.24, 2.45) is 5.41 Å². The lowest BCUT2D eigenvalue weighted by Gasteiger charge is -2.44. The quantitative estimate of drug-likeness (QED) is 0.870. The zero-order valence-corrected chi connectivity index (χ0v) is 13.2. The summed E-state index contributed by atoms with van der Waals surface area (Å²) in [6, 6.07) is 10.2. The van der Waals surface area contributed by atoms with Gasteiger partial charge in [0.1, 0.15) is 0 Å². The maximum atomic E-state index is 11.7. The first-order valence-corrected chi connectivity index (χ1v) is 8.12. The number of aliphatic hydroxyl groups is 1. The van der Waals surface area contributed by atoms with Gasteiger partial charge in [0.2, 0.25) is 0 Å². The minimum atomic E-state index is -0.660. The Morgan fingerprint density at radius 1 is 1.23 bits per heavy atom. The van der Waals surface area contributed by atoms with Gasteiger partial charge in [0.25, 0.3) is 0 Å². The van der Waals surface area contributed by atoms with Crippen molar-refractivity contribution in [2.75, 3.05) is 7.11 Å². The summed E-state index contributed by atoms with van der Waals surface area (Å²) < 4.78 is 4.82. The van der Waals surface area contributed by atoms with E-state index in [1.807, 2.05) is 24.3 Å². The highest BCUT2D eigenvalue weighted by Gasteiger charge is 2.53. The monoisotopic (exact) mass is 300 g/mol. The normalized spacial score (nSPS) is 31.1. The van der Waals surface area contributed by atoms with Crippen LogP contribution in [-0.2, 0) is 16.0 Å². The number of benzene rings is 1. The Morgan fingerprint density at radius 2 is 2.00 bits per heavy atom. The van der Waals surface area contributed by atoms with Gasteiger partial charge in [-0.2, -0.15) is 0 Å². The lowest BCUT2D eigenvalue weighted by atomic mass is 9.64. The molecule has 0 heterocycles. The molecule has 3 heteroatoms. The molecule has 1 spiro atoms. The van der Waals surface area contributed by atoms with Gasteiger partial charge in [-0.3, -0.25) is 0 Å². The number of carbonyl (C=O) groups is 1. The average molecular weight is 300 g/mol. The highest BCUT2D eigenvalue weighted by Crippen LogP contribution is 2.55. The molecule has 0 aliphatic heterocycles. The second-order valence-corrected chi connectivity index (χ2v) is 6.75. The molecule has 118 valence electrons. The Labute approximate surface area is 132 Å². The van der Waals surface area contributed by atoms with Gasteiger partial charge in [-0.1, -0.05) is 36.4 Å². The van der Waals surface area contributed by atoms with Gasteiger partial charge in [-0.15, -0.1) is 0 Å². The van der Waals surface area contributed by atoms with E-state index in [0.717, 1.165) is 37.7 Å². The molecule has 1 fully saturated rings. The predicted molar refractivity (Wildman–Crippen MR) is 85.3 cm³/mol. The zero-order chi connectivity index (χ0) is 15.6. The molecule has 0 aromatic heterocycles. The summed E-state index contributed by atoms with van der Waals surface area (Å²) in [5.41, 5.74) is 1.21. The van der Waals surface area contributed by atoms with Gasteiger partial charge in [0.05, 0.1) is 12.7 Å². The Kier molecular flexibility index (Phi) is 4.09. The van der Waals surface area contributed by atoms with Crippen molar-refractivity contribution in [3.63, 3.8) is 0 Å². The largest absolute Gasteiger partial charge is 0.466 e. The molecule has 1 N–H and O–H groups in total. The number of methoxy groups -OCH3 is 1. The molecule has 1 aromatic carbocycles. The molecule has 3 rings (SSSR count). The number of ether oxygens (including phenoxy) is 1. The van der Waals surface area contributed by atoms with Crippen LogP contribution >= 0.6 is 0 Å². The summed E-state index contributed by atoms with van der Waals surface area (Å²) in [6.45, 7) is 0. The van der Waals surface area contributed by atoms with E-state index in [1.165, 1.54) is 12.7 Å². The molecule has 2 aliphatic carbocycles. The van der Waals surface area contributed by atoms with Crippen LogP contribution in [0.4, 0.5) is 0 Å². The minimum absolute atomic E-state index is 0.0830. The van der Waals surface area contributed by atoms with Crippen molar-refractivity contribution in [3.05, 3.63) is 47.5 Å². The Hall–Kier alpha value is -1.61. The van der Waals surface area contributed by atoms with E-state index in [0.29, 0.717) is 12.8 Å². The lowest BCUT2D eigenvalue weighted by molar-refractivity contribution is -0.137. The number of esters is 1. The third-order valence-electron chi connectivity index (χ3n) is 5.63. The first-order chi connectivity index (χ1) is 10.6. The molecule has 0 radical (unpaired) electrons. The first kappa shape index (κ1) is 15.3. The SMILES string of the molecule is COC(=O)C1=CC[C@@]2(CCC[C@]2(O)Cc2ccccc2)CC1. The van der Waals surface area contributed by atoms with Gasteiger partial charge >= 0.3 is 5.97 Å².